The second-order valence-corrected chi connectivity index (χ2v) is 11.5. The number of hydrogen-bond acceptors (Lipinski definition) is 8. The van der Waals surface area contributed by atoms with E-state index in [-0.39, 0.29) is 22.8 Å². The number of aromatic nitrogens is 1. The van der Waals surface area contributed by atoms with Crippen LogP contribution >= 0.6 is 34.3 Å². The Morgan fingerprint density at radius 1 is 1.10 bits per heavy atom. The lowest BCUT2D eigenvalue weighted by Gasteiger charge is -2.24. The number of carboxylic acid groups (broad SMARTS) is 1. The van der Waals surface area contributed by atoms with Crippen LogP contribution in [0.1, 0.15) is 39.5 Å². The highest BCUT2D eigenvalue weighted by molar-refractivity contribution is 7.10. The summed E-state index contributed by atoms with van der Waals surface area (Å²) >= 11 is 8.64. The highest BCUT2D eigenvalue weighted by Gasteiger charge is 2.35. The highest BCUT2D eigenvalue weighted by Crippen LogP contribution is 2.37. The number of carboxylic acids is 1. The largest absolute Gasteiger partial charge is 0.478 e. The Morgan fingerprint density at radius 2 is 1.90 bits per heavy atom. The average Bonchev–Trinajstić information content (AvgIpc) is 3.75. The number of thiophene rings is 1. The molecule has 0 aliphatic carbocycles. The molecule has 0 radical (unpaired) electrons. The fourth-order valence-electron chi connectivity index (χ4n) is 4.71. The van der Waals surface area contributed by atoms with Crippen LogP contribution in [-0.4, -0.2) is 28.2 Å². The second kappa shape index (κ2) is 11.4. The topological polar surface area (TPSA) is 111 Å². The van der Waals surface area contributed by atoms with Gasteiger partial charge in [-0.2, -0.15) is 0 Å². The number of furan rings is 1. The third kappa shape index (κ3) is 5.04. The van der Waals surface area contributed by atoms with Gasteiger partial charge in [0.15, 0.2) is 4.80 Å². The minimum Gasteiger partial charge on any atom is -0.478 e. The molecule has 1 atom stereocenters. The molecular weight excluding hydrogens is 596 g/mol. The van der Waals surface area contributed by atoms with Crippen LogP contribution in [0.25, 0.3) is 23.1 Å². The molecule has 42 heavy (non-hydrogen) atoms. The normalized spacial score (nSPS) is 14.9. The van der Waals surface area contributed by atoms with E-state index in [1.54, 1.807) is 31.2 Å². The fraction of sp³-hybridized carbons (Fsp3) is 0.0968. The number of aromatic carboxylic acids is 1. The van der Waals surface area contributed by atoms with Crippen molar-refractivity contribution in [2.45, 2.75) is 13.0 Å². The van der Waals surface area contributed by atoms with Crippen molar-refractivity contribution in [2.75, 3.05) is 6.61 Å². The van der Waals surface area contributed by atoms with Crippen molar-refractivity contribution in [1.82, 2.24) is 4.57 Å². The van der Waals surface area contributed by atoms with Crippen LogP contribution < -0.4 is 14.9 Å². The predicted octanol–water partition coefficient (Wildman–Crippen LogP) is 5.61. The number of carbonyl (C=O) groups is 2. The number of thiazole rings is 1. The van der Waals surface area contributed by atoms with Crippen LogP contribution in [0.2, 0.25) is 5.02 Å². The monoisotopic (exact) mass is 616 g/mol. The van der Waals surface area contributed by atoms with Gasteiger partial charge >= 0.3 is 11.9 Å². The summed E-state index contributed by atoms with van der Waals surface area (Å²) in [7, 11) is 0. The molecule has 210 valence electrons. The first-order valence-electron chi connectivity index (χ1n) is 12.8. The zero-order chi connectivity index (χ0) is 29.4. The molecule has 1 aliphatic rings. The molecule has 5 aromatic rings. The van der Waals surface area contributed by atoms with Crippen molar-refractivity contribution >= 4 is 58.0 Å². The molecule has 2 aromatic carbocycles. The number of hydrogen-bond donors (Lipinski definition) is 1. The summed E-state index contributed by atoms with van der Waals surface area (Å²) < 4.78 is 13.3. The van der Waals surface area contributed by atoms with Crippen molar-refractivity contribution in [2.24, 2.45) is 4.99 Å². The van der Waals surface area contributed by atoms with Gasteiger partial charge in [-0.1, -0.05) is 59.3 Å². The van der Waals surface area contributed by atoms with Crippen molar-refractivity contribution in [3.8, 4) is 11.3 Å². The Kier molecular flexibility index (Phi) is 7.51. The molecule has 6 rings (SSSR count). The van der Waals surface area contributed by atoms with E-state index >= 15 is 0 Å². The van der Waals surface area contributed by atoms with Crippen LogP contribution in [0.15, 0.2) is 98.0 Å². The molecule has 3 aromatic heterocycles. The summed E-state index contributed by atoms with van der Waals surface area (Å²) in [4.78, 5) is 44.9. The molecule has 0 amide bonds. The molecule has 1 unspecified atom stereocenters. The van der Waals surface area contributed by atoms with Gasteiger partial charge in [-0.25, -0.2) is 14.6 Å². The SMILES string of the molecule is CCOC(=O)C1=C(c2ccccc2)N=c2sc(=Cc3ccc(-c4ccc(Cl)c(C(=O)O)c4)o3)c(=O)n2C1c1cccs1. The van der Waals surface area contributed by atoms with E-state index in [1.165, 1.54) is 39.4 Å². The fourth-order valence-corrected chi connectivity index (χ4v) is 6.72. The average molecular weight is 617 g/mol. The standard InChI is InChI=1S/C31H21ClN2O6S2/c1-2-39-30(38)25-26(17-7-4-3-5-8-17)33-31-34(27(25)23-9-6-14-41-23)28(35)24(42-31)16-19-11-13-22(40-19)18-10-12-21(32)20(15-18)29(36)37/h3-16,27H,2H2,1H3,(H,36,37). The minimum absolute atomic E-state index is 0.0411. The Labute approximate surface area is 251 Å². The summed E-state index contributed by atoms with van der Waals surface area (Å²) in [5, 5.41) is 11.4. The first-order valence-corrected chi connectivity index (χ1v) is 14.9. The van der Waals surface area contributed by atoms with Gasteiger partial charge in [0.2, 0.25) is 0 Å². The highest BCUT2D eigenvalue weighted by atomic mass is 35.5. The summed E-state index contributed by atoms with van der Waals surface area (Å²) in [6, 6.07) is 20.4. The first-order chi connectivity index (χ1) is 20.4. The van der Waals surface area contributed by atoms with Gasteiger partial charge in [-0.3, -0.25) is 9.36 Å². The quantitative estimate of drug-likeness (QED) is 0.238. The van der Waals surface area contributed by atoms with Gasteiger partial charge in [0.05, 0.1) is 33.0 Å². The van der Waals surface area contributed by atoms with Crippen LogP contribution in [0.3, 0.4) is 0 Å². The second-order valence-electron chi connectivity index (χ2n) is 9.15. The van der Waals surface area contributed by atoms with Crippen LogP contribution in [-0.2, 0) is 9.53 Å². The molecule has 0 fully saturated rings. The minimum atomic E-state index is -1.15. The lowest BCUT2D eigenvalue weighted by molar-refractivity contribution is -0.138. The van der Waals surface area contributed by atoms with E-state index < -0.39 is 18.0 Å². The number of ether oxygens (including phenoxy) is 1. The Morgan fingerprint density at radius 3 is 2.62 bits per heavy atom. The lowest BCUT2D eigenvalue weighted by atomic mass is 9.97. The number of rotatable bonds is 7. The summed E-state index contributed by atoms with van der Waals surface area (Å²) in [5.41, 5.74) is 1.64. The molecule has 11 heteroatoms. The molecule has 8 nitrogen and oxygen atoms in total. The molecule has 4 heterocycles. The molecule has 0 saturated heterocycles. The Bertz CT molecular complexity index is 2040. The van der Waals surface area contributed by atoms with E-state index in [2.05, 4.69) is 0 Å². The maximum absolute atomic E-state index is 13.9. The van der Waals surface area contributed by atoms with Crippen molar-refractivity contribution in [1.29, 1.82) is 0 Å². The van der Waals surface area contributed by atoms with Crippen molar-refractivity contribution in [3.63, 3.8) is 0 Å². The number of carbonyl (C=O) groups excluding carboxylic acids is 1. The molecule has 1 aliphatic heterocycles. The maximum atomic E-state index is 13.9. The molecule has 0 bridgehead atoms. The molecular formula is C31H21ClN2O6S2. The predicted molar refractivity (Wildman–Crippen MR) is 161 cm³/mol. The molecule has 0 saturated carbocycles. The number of esters is 1. The maximum Gasteiger partial charge on any atom is 0.338 e. The van der Waals surface area contributed by atoms with E-state index in [0.717, 1.165) is 10.4 Å². The number of halogens is 1. The van der Waals surface area contributed by atoms with E-state index in [0.29, 0.717) is 37.7 Å². The van der Waals surface area contributed by atoms with E-state index in [4.69, 9.17) is 25.7 Å². The van der Waals surface area contributed by atoms with Crippen molar-refractivity contribution in [3.05, 3.63) is 130 Å². The van der Waals surface area contributed by atoms with Gasteiger partial charge < -0.3 is 14.3 Å². The summed E-state index contributed by atoms with van der Waals surface area (Å²) in [6.45, 7) is 1.91. The van der Waals surface area contributed by atoms with E-state index in [1.807, 2.05) is 47.8 Å². The number of fused-ring (bicyclic) bond motifs is 1. The summed E-state index contributed by atoms with van der Waals surface area (Å²) in [5.74, 6) is -0.873. The lowest BCUT2D eigenvalue weighted by Crippen LogP contribution is -2.39. The van der Waals surface area contributed by atoms with Crippen LogP contribution in [0, 0.1) is 0 Å². The number of nitrogens with zero attached hydrogens (tertiary/aromatic N) is 2. The summed E-state index contributed by atoms with van der Waals surface area (Å²) in [6.07, 6.45) is 1.61. The zero-order valence-corrected chi connectivity index (χ0v) is 24.3. The Hall–Kier alpha value is -4.51. The van der Waals surface area contributed by atoms with Crippen LogP contribution in [0.4, 0.5) is 0 Å². The smallest absolute Gasteiger partial charge is 0.338 e. The third-order valence-corrected chi connectivity index (χ3v) is 8.81. The molecule has 0 spiro atoms. The zero-order valence-electron chi connectivity index (χ0n) is 21.9. The molecule has 1 N–H and O–H groups in total. The Balaban J connectivity index is 1.51. The van der Waals surface area contributed by atoms with Crippen molar-refractivity contribution < 1.29 is 23.8 Å². The van der Waals surface area contributed by atoms with Gasteiger partial charge in [0.1, 0.15) is 17.6 Å². The first kappa shape index (κ1) is 27.6. The van der Waals surface area contributed by atoms with Gasteiger partial charge in [-0.15, -0.1) is 11.3 Å². The van der Waals surface area contributed by atoms with Gasteiger partial charge in [0.25, 0.3) is 5.56 Å². The van der Waals surface area contributed by atoms with E-state index in [9.17, 15) is 19.5 Å². The number of benzene rings is 2. The van der Waals surface area contributed by atoms with Gasteiger partial charge in [0, 0.05) is 22.1 Å². The van der Waals surface area contributed by atoms with Crippen LogP contribution in [0.5, 0.6) is 0 Å². The third-order valence-electron chi connectivity index (χ3n) is 6.57. The van der Waals surface area contributed by atoms with Gasteiger partial charge in [-0.05, 0) is 48.7 Å².